The largest absolute Gasteiger partial charge is 1.00 e. The SMILES string of the molecule is CCCC[n+]1ccc2cc(O)c(O)cc2c1.[Cl-]. The Bertz CT molecular complexity index is 514. The van der Waals surface area contributed by atoms with E-state index in [0.717, 1.165) is 30.2 Å². The summed E-state index contributed by atoms with van der Waals surface area (Å²) >= 11 is 0. The van der Waals surface area contributed by atoms with Crippen molar-refractivity contribution >= 4 is 10.8 Å². The van der Waals surface area contributed by atoms with E-state index in [1.54, 1.807) is 12.1 Å². The molecule has 0 fully saturated rings. The lowest BCUT2D eigenvalue weighted by molar-refractivity contribution is -0.696. The smallest absolute Gasteiger partial charge is 0.176 e. The highest BCUT2D eigenvalue weighted by atomic mass is 35.5. The minimum Gasteiger partial charge on any atom is -1.00 e. The van der Waals surface area contributed by atoms with Crippen LogP contribution in [0.2, 0.25) is 0 Å². The van der Waals surface area contributed by atoms with Gasteiger partial charge < -0.3 is 22.6 Å². The predicted molar refractivity (Wildman–Crippen MR) is 62.4 cm³/mol. The molecule has 0 saturated carbocycles. The van der Waals surface area contributed by atoms with Crippen LogP contribution >= 0.6 is 0 Å². The highest BCUT2D eigenvalue weighted by Gasteiger charge is 2.06. The molecule has 92 valence electrons. The van der Waals surface area contributed by atoms with Crippen LogP contribution in [0, 0.1) is 0 Å². The van der Waals surface area contributed by atoms with Gasteiger partial charge in [-0.1, -0.05) is 13.3 Å². The van der Waals surface area contributed by atoms with Crippen LogP contribution in [-0.4, -0.2) is 10.2 Å². The monoisotopic (exact) mass is 253 g/mol. The molecule has 0 bridgehead atoms. The summed E-state index contributed by atoms with van der Waals surface area (Å²) in [5, 5.41) is 20.7. The Hall–Kier alpha value is -1.48. The van der Waals surface area contributed by atoms with Crippen LogP contribution in [0.25, 0.3) is 10.8 Å². The van der Waals surface area contributed by atoms with E-state index in [2.05, 4.69) is 11.5 Å². The second-order valence-electron chi connectivity index (χ2n) is 4.01. The zero-order valence-corrected chi connectivity index (χ0v) is 10.5. The molecule has 0 radical (unpaired) electrons. The normalized spacial score (nSPS) is 10.2. The summed E-state index contributed by atoms with van der Waals surface area (Å²) in [5.74, 6) is -0.139. The predicted octanol–water partition coefficient (Wildman–Crippen LogP) is -0.657. The topological polar surface area (TPSA) is 44.3 Å². The first-order chi connectivity index (χ1) is 7.70. The molecule has 0 unspecified atom stereocenters. The Kier molecular flexibility index (Phi) is 4.58. The summed E-state index contributed by atoms with van der Waals surface area (Å²) in [6.07, 6.45) is 6.28. The number of halogens is 1. The highest BCUT2D eigenvalue weighted by Crippen LogP contribution is 2.29. The van der Waals surface area contributed by atoms with Crippen molar-refractivity contribution in [3.05, 3.63) is 30.6 Å². The number of aromatic nitrogens is 1. The Balaban J connectivity index is 0.00000144. The van der Waals surface area contributed by atoms with E-state index in [4.69, 9.17) is 0 Å². The number of unbranched alkanes of at least 4 members (excludes halogenated alkanes) is 1. The van der Waals surface area contributed by atoms with Gasteiger partial charge in [-0.15, -0.1) is 0 Å². The molecule has 1 heterocycles. The highest BCUT2D eigenvalue weighted by molar-refractivity contribution is 5.84. The number of aryl methyl sites for hydroxylation is 1. The fourth-order valence-electron chi connectivity index (χ4n) is 1.74. The van der Waals surface area contributed by atoms with Gasteiger partial charge in [-0.05, 0) is 17.5 Å². The standard InChI is InChI=1S/C13H15NO2.ClH/c1-2-3-5-14-6-4-10-7-12(15)13(16)8-11(10)9-14;/h4,6-9,16H,2-3,5H2,1H3;1H. The third-order valence-corrected chi connectivity index (χ3v) is 2.70. The summed E-state index contributed by atoms with van der Waals surface area (Å²) in [6, 6.07) is 5.12. The van der Waals surface area contributed by atoms with Gasteiger partial charge in [0.25, 0.3) is 0 Å². The van der Waals surface area contributed by atoms with Gasteiger partial charge in [-0.2, -0.15) is 0 Å². The lowest BCUT2D eigenvalue weighted by Gasteiger charge is -2.01. The van der Waals surface area contributed by atoms with Gasteiger partial charge in [0.1, 0.15) is 6.54 Å². The fraction of sp³-hybridized carbons (Fsp3) is 0.308. The molecule has 1 aromatic carbocycles. The zero-order chi connectivity index (χ0) is 11.5. The van der Waals surface area contributed by atoms with Crippen molar-refractivity contribution in [2.75, 3.05) is 0 Å². The molecule has 2 aromatic rings. The van der Waals surface area contributed by atoms with Gasteiger partial charge in [0.05, 0.1) is 0 Å². The molecule has 3 nitrogen and oxygen atoms in total. The van der Waals surface area contributed by atoms with E-state index in [1.165, 1.54) is 0 Å². The molecule has 17 heavy (non-hydrogen) atoms. The Morgan fingerprint density at radius 2 is 1.76 bits per heavy atom. The van der Waals surface area contributed by atoms with Gasteiger partial charge in [0.2, 0.25) is 0 Å². The summed E-state index contributed by atoms with van der Waals surface area (Å²) < 4.78 is 2.10. The summed E-state index contributed by atoms with van der Waals surface area (Å²) in [5.41, 5.74) is 0. The van der Waals surface area contributed by atoms with Crippen LogP contribution < -0.4 is 17.0 Å². The Morgan fingerprint density at radius 1 is 1.12 bits per heavy atom. The second kappa shape index (κ2) is 5.73. The number of nitrogens with zero attached hydrogens (tertiary/aromatic N) is 1. The Labute approximate surface area is 107 Å². The van der Waals surface area contributed by atoms with E-state index < -0.39 is 0 Å². The molecule has 2 N–H and O–H groups in total. The van der Waals surface area contributed by atoms with Crippen molar-refractivity contribution in [1.29, 1.82) is 0 Å². The van der Waals surface area contributed by atoms with E-state index in [1.807, 2.05) is 18.5 Å². The van der Waals surface area contributed by atoms with E-state index in [-0.39, 0.29) is 23.9 Å². The molecule has 4 heteroatoms. The molecule has 0 aliphatic rings. The van der Waals surface area contributed by atoms with Gasteiger partial charge in [0.15, 0.2) is 23.9 Å². The number of fused-ring (bicyclic) bond motifs is 1. The number of phenols is 2. The average Bonchev–Trinajstić information content (AvgIpc) is 2.28. The summed E-state index contributed by atoms with van der Waals surface area (Å²) in [7, 11) is 0. The van der Waals surface area contributed by atoms with Crippen molar-refractivity contribution in [2.45, 2.75) is 26.3 Å². The van der Waals surface area contributed by atoms with E-state index in [0.29, 0.717) is 0 Å². The molecule has 0 aliphatic carbocycles. The molecule has 0 spiro atoms. The zero-order valence-electron chi connectivity index (χ0n) is 9.73. The van der Waals surface area contributed by atoms with Crippen molar-refractivity contribution in [3.63, 3.8) is 0 Å². The molecule has 0 amide bonds. The maximum Gasteiger partial charge on any atom is 0.176 e. The number of hydrogen-bond donors (Lipinski definition) is 2. The minimum absolute atomic E-state index is 0. The van der Waals surface area contributed by atoms with E-state index >= 15 is 0 Å². The van der Waals surface area contributed by atoms with Crippen LogP contribution in [-0.2, 0) is 6.54 Å². The number of benzene rings is 1. The van der Waals surface area contributed by atoms with Crippen LogP contribution in [0.4, 0.5) is 0 Å². The molecule has 1 aromatic heterocycles. The summed E-state index contributed by atoms with van der Waals surface area (Å²) in [4.78, 5) is 0. The molecule has 0 saturated heterocycles. The third-order valence-electron chi connectivity index (χ3n) is 2.70. The molecular weight excluding hydrogens is 238 g/mol. The van der Waals surface area contributed by atoms with Crippen LogP contribution in [0.3, 0.4) is 0 Å². The molecular formula is C13H16ClNO2. The molecule has 0 aliphatic heterocycles. The van der Waals surface area contributed by atoms with Crippen molar-refractivity contribution < 1.29 is 27.2 Å². The van der Waals surface area contributed by atoms with Gasteiger partial charge in [-0.3, -0.25) is 0 Å². The maximum atomic E-state index is 9.42. The van der Waals surface area contributed by atoms with Gasteiger partial charge in [0, 0.05) is 17.9 Å². The molecule has 0 atom stereocenters. The van der Waals surface area contributed by atoms with Gasteiger partial charge >= 0.3 is 0 Å². The third kappa shape index (κ3) is 3.01. The minimum atomic E-state index is -0.0705. The first kappa shape index (κ1) is 13.6. The second-order valence-corrected chi connectivity index (χ2v) is 4.01. The quantitative estimate of drug-likeness (QED) is 0.564. The number of aromatic hydroxyl groups is 2. The van der Waals surface area contributed by atoms with Crippen LogP contribution in [0.1, 0.15) is 19.8 Å². The van der Waals surface area contributed by atoms with Crippen LogP contribution in [0.15, 0.2) is 30.6 Å². The van der Waals surface area contributed by atoms with E-state index in [9.17, 15) is 10.2 Å². The average molecular weight is 254 g/mol. The number of rotatable bonds is 3. The lowest BCUT2D eigenvalue weighted by atomic mass is 10.1. The van der Waals surface area contributed by atoms with Crippen molar-refractivity contribution in [1.82, 2.24) is 0 Å². The van der Waals surface area contributed by atoms with Crippen molar-refractivity contribution in [2.24, 2.45) is 0 Å². The first-order valence-electron chi connectivity index (χ1n) is 5.55. The lowest BCUT2D eigenvalue weighted by Crippen LogP contribution is -3.00. The van der Waals surface area contributed by atoms with Crippen LogP contribution in [0.5, 0.6) is 11.5 Å². The number of pyridine rings is 1. The fourth-order valence-corrected chi connectivity index (χ4v) is 1.74. The number of hydrogen-bond acceptors (Lipinski definition) is 2. The van der Waals surface area contributed by atoms with Gasteiger partial charge in [-0.25, -0.2) is 4.57 Å². The Morgan fingerprint density at radius 3 is 2.41 bits per heavy atom. The van der Waals surface area contributed by atoms with Crippen molar-refractivity contribution in [3.8, 4) is 11.5 Å². The first-order valence-corrected chi connectivity index (χ1v) is 5.55. The number of phenolic OH excluding ortho intramolecular Hbond substituents is 2. The summed E-state index contributed by atoms with van der Waals surface area (Å²) in [6.45, 7) is 3.14. The maximum absolute atomic E-state index is 9.42. The molecule has 2 rings (SSSR count).